The molecular formula is C14H15NO2. The van der Waals surface area contributed by atoms with E-state index in [0.717, 1.165) is 16.9 Å². The van der Waals surface area contributed by atoms with Crippen LogP contribution in [0.5, 0.6) is 5.75 Å². The maximum Gasteiger partial charge on any atom is 0.119 e. The Morgan fingerprint density at radius 3 is 2.71 bits per heavy atom. The average molecular weight is 229 g/mol. The maximum atomic E-state index is 10.1. The lowest BCUT2D eigenvalue weighted by molar-refractivity contribution is 0.178. The van der Waals surface area contributed by atoms with Gasteiger partial charge in [-0.3, -0.25) is 4.98 Å². The van der Waals surface area contributed by atoms with Crippen LogP contribution in [0.4, 0.5) is 0 Å². The summed E-state index contributed by atoms with van der Waals surface area (Å²) in [5.74, 6) is 0.810. The summed E-state index contributed by atoms with van der Waals surface area (Å²) in [5, 5.41) is 10.1. The molecule has 0 aliphatic rings. The number of benzene rings is 1. The Morgan fingerprint density at radius 1 is 1.24 bits per heavy atom. The Morgan fingerprint density at radius 2 is 2.00 bits per heavy atom. The number of aromatic nitrogens is 1. The van der Waals surface area contributed by atoms with E-state index in [-0.39, 0.29) is 0 Å². The lowest BCUT2D eigenvalue weighted by Crippen LogP contribution is -2.01. The van der Waals surface area contributed by atoms with Crippen molar-refractivity contribution < 1.29 is 9.84 Å². The fourth-order valence-corrected chi connectivity index (χ4v) is 1.73. The standard InChI is InChI=1S/C14H15NO2/c1-17-13-4-2-3-11(9-13)10-14(16)12-5-7-15-8-6-12/h2-9,14,16H,10H2,1H3. The molecule has 0 bridgehead atoms. The first kappa shape index (κ1) is 11.6. The predicted octanol–water partition coefficient (Wildman–Crippen LogP) is 2.37. The molecule has 1 aromatic heterocycles. The summed E-state index contributed by atoms with van der Waals surface area (Å²) in [6.07, 6.45) is 3.43. The first-order valence-electron chi connectivity index (χ1n) is 5.50. The van der Waals surface area contributed by atoms with Crippen molar-refractivity contribution in [2.24, 2.45) is 0 Å². The number of ether oxygens (including phenoxy) is 1. The highest BCUT2D eigenvalue weighted by Gasteiger charge is 2.08. The molecule has 0 aliphatic heterocycles. The van der Waals surface area contributed by atoms with Gasteiger partial charge in [-0.25, -0.2) is 0 Å². The van der Waals surface area contributed by atoms with E-state index in [4.69, 9.17) is 4.74 Å². The molecule has 0 aliphatic carbocycles. The molecule has 2 rings (SSSR count). The molecule has 17 heavy (non-hydrogen) atoms. The van der Waals surface area contributed by atoms with Crippen molar-refractivity contribution in [3.8, 4) is 5.75 Å². The van der Waals surface area contributed by atoms with Crippen LogP contribution >= 0.6 is 0 Å². The number of pyridine rings is 1. The Balaban J connectivity index is 2.10. The van der Waals surface area contributed by atoms with E-state index in [0.29, 0.717) is 6.42 Å². The van der Waals surface area contributed by atoms with E-state index in [1.807, 2.05) is 36.4 Å². The highest BCUT2D eigenvalue weighted by Crippen LogP contribution is 2.20. The molecule has 88 valence electrons. The van der Waals surface area contributed by atoms with Gasteiger partial charge in [0.15, 0.2) is 0 Å². The summed E-state index contributed by atoms with van der Waals surface area (Å²) >= 11 is 0. The first-order chi connectivity index (χ1) is 8.29. The normalized spacial score (nSPS) is 12.1. The second-order valence-corrected chi connectivity index (χ2v) is 3.85. The number of methoxy groups -OCH3 is 1. The zero-order valence-corrected chi connectivity index (χ0v) is 9.71. The molecule has 0 saturated heterocycles. The molecule has 1 heterocycles. The number of rotatable bonds is 4. The lowest BCUT2D eigenvalue weighted by atomic mass is 10.0. The van der Waals surface area contributed by atoms with Crippen LogP contribution < -0.4 is 4.74 Å². The first-order valence-corrected chi connectivity index (χ1v) is 5.50. The molecule has 3 nitrogen and oxygen atoms in total. The van der Waals surface area contributed by atoms with Crippen LogP contribution in [0.1, 0.15) is 17.2 Å². The van der Waals surface area contributed by atoms with Gasteiger partial charge in [-0.2, -0.15) is 0 Å². The minimum atomic E-state index is -0.509. The minimum absolute atomic E-state index is 0.509. The fraction of sp³-hybridized carbons (Fsp3) is 0.214. The fourth-order valence-electron chi connectivity index (χ4n) is 1.73. The molecule has 1 N–H and O–H groups in total. The van der Waals surface area contributed by atoms with Crippen LogP contribution in [0.2, 0.25) is 0 Å². The van der Waals surface area contributed by atoms with E-state index in [1.54, 1.807) is 19.5 Å². The van der Waals surface area contributed by atoms with Crippen LogP contribution in [-0.4, -0.2) is 17.2 Å². The molecule has 3 heteroatoms. The van der Waals surface area contributed by atoms with Crippen LogP contribution in [0.3, 0.4) is 0 Å². The van der Waals surface area contributed by atoms with Gasteiger partial charge < -0.3 is 9.84 Å². The summed E-state index contributed by atoms with van der Waals surface area (Å²) in [6.45, 7) is 0. The number of nitrogens with zero attached hydrogens (tertiary/aromatic N) is 1. The third-order valence-corrected chi connectivity index (χ3v) is 2.65. The maximum absolute atomic E-state index is 10.1. The molecule has 1 unspecified atom stereocenters. The molecule has 0 saturated carbocycles. The number of hydrogen-bond acceptors (Lipinski definition) is 3. The van der Waals surface area contributed by atoms with Gasteiger partial charge in [-0.05, 0) is 35.4 Å². The Bertz CT molecular complexity index is 471. The molecule has 0 radical (unpaired) electrons. The van der Waals surface area contributed by atoms with Crippen LogP contribution in [-0.2, 0) is 6.42 Å². The summed E-state index contributed by atoms with van der Waals surface area (Å²) in [4.78, 5) is 3.93. The average Bonchev–Trinajstić information content (AvgIpc) is 2.40. The molecule has 0 fully saturated rings. The van der Waals surface area contributed by atoms with E-state index < -0.39 is 6.10 Å². The van der Waals surface area contributed by atoms with Crippen LogP contribution in [0, 0.1) is 0 Å². The van der Waals surface area contributed by atoms with Crippen molar-refractivity contribution in [1.82, 2.24) is 4.98 Å². The highest BCUT2D eigenvalue weighted by molar-refractivity contribution is 5.29. The van der Waals surface area contributed by atoms with Crippen LogP contribution in [0.15, 0.2) is 48.8 Å². The predicted molar refractivity (Wildman–Crippen MR) is 65.9 cm³/mol. The molecular weight excluding hydrogens is 214 g/mol. The third-order valence-electron chi connectivity index (χ3n) is 2.65. The monoisotopic (exact) mass is 229 g/mol. The van der Waals surface area contributed by atoms with Crippen LogP contribution in [0.25, 0.3) is 0 Å². The van der Waals surface area contributed by atoms with Crippen molar-refractivity contribution in [1.29, 1.82) is 0 Å². The van der Waals surface area contributed by atoms with Gasteiger partial charge in [0, 0.05) is 18.8 Å². The summed E-state index contributed by atoms with van der Waals surface area (Å²) in [5.41, 5.74) is 1.93. The Labute approximate surface area is 101 Å². The van der Waals surface area contributed by atoms with Crippen molar-refractivity contribution in [2.75, 3.05) is 7.11 Å². The molecule has 1 aromatic carbocycles. The lowest BCUT2D eigenvalue weighted by Gasteiger charge is -2.11. The number of hydrogen-bond donors (Lipinski definition) is 1. The summed E-state index contributed by atoms with van der Waals surface area (Å²) in [7, 11) is 1.64. The second-order valence-electron chi connectivity index (χ2n) is 3.85. The Hall–Kier alpha value is -1.87. The summed E-state index contributed by atoms with van der Waals surface area (Å²) < 4.78 is 5.15. The van der Waals surface area contributed by atoms with Crippen molar-refractivity contribution in [3.63, 3.8) is 0 Å². The van der Waals surface area contributed by atoms with Gasteiger partial charge in [0.25, 0.3) is 0 Å². The smallest absolute Gasteiger partial charge is 0.119 e. The Kier molecular flexibility index (Phi) is 3.73. The third kappa shape index (κ3) is 3.04. The summed E-state index contributed by atoms with van der Waals surface area (Å²) in [6, 6.07) is 11.4. The largest absolute Gasteiger partial charge is 0.497 e. The van der Waals surface area contributed by atoms with E-state index >= 15 is 0 Å². The topological polar surface area (TPSA) is 42.4 Å². The van der Waals surface area contributed by atoms with Crippen molar-refractivity contribution in [2.45, 2.75) is 12.5 Å². The SMILES string of the molecule is COc1cccc(CC(O)c2ccncc2)c1. The molecule has 2 aromatic rings. The molecule has 1 atom stereocenters. The van der Waals surface area contributed by atoms with Gasteiger partial charge in [0.2, 0.25) is 0 Å². The zero-order valence-electron chi connectivity index (χ0n) is 9.71. The van der Waals surface area contributed by atoms with Crippen molar-refractivity contribution in [3.05, 3.63) is 59.9 Å². The van der Waals surface area contributed by atoms with E-state index in [1.165, 1.54) is 0 Å². The molecule has 0 amide bonds. The van der Waals surface area contributed by atoms with E-state index in [2.05, 4.69) is 4.98 Å². The van der Waals surface area contributed by atoms with Gasteiger partial charge in [-0.1, -0.05) is 12.1 Å². The quantitative estimate of drug-likeness (QED) is 0.875. The molecule has 0 spiro atoms. The zero-order chi connectivity index (χ0) is 12.1. The number of aliphatic hydroxyl groups excluding tert-OH is 1. The second kappa shape index (κ2) is 5.46. The number of aliphatic hydroxyl groups is 1. The van der Waals surface area contributed by atoms with E-state index in [9.17, 15) is 5.11 Å². The highest BCUT2D eigenvalue weighted by atomic mass is 16.5. The minimum Gasteiger partial charge on any atom is -0.497 e. The van der Waals surface area contributed by atoms with Gasteiger partial charge in [0.05, 0.1) is 13.2 Å². The van der Waals surface area contributed by atoms with Gasteiger partial charge in [0.1, 0.15) is 5.75 Å². The van der Waals surface area contributed by atoms with Gasteiger partial charge >= 0.3 is 0 Å². The van der Waals surface area contributed by atoms with Crippen molar-refractivity contribution >= 4 is 0 Å². The van der Waals surface area contributed by atoms with Gasteiger partial charge in [-0.15, -0.1) is 0 Å².